The Balaban J connectivity index is 2.21. The highest BCUT2D eigenvalue weighted by Crippen LogP contribution is 2.16. The average Bonchev–Trinajstić information content (AvgIpc) is 2.15. The second kappa shape index (κ2) is 5.18. The van der Waals surface area contributed by atoms with Gasteiger partial charge in [-0.15, -0.1) is 6.42 Å². The first-order valence-corrected chi connectivity index (χ1v) is 4.59. The Morgan fingerprint density at radius 2 is 2.58 bits per heavy atom. The third-order valence-electron chi connectivity index (χ3n) is 2.43. The van der Waals surface area contributed by atoms with Crippen molar-refractivity contribution in [1.82, 2.24) is 5.32 Å². The lowest BCUT2D eigenvalue weighted by atomic mass is 9.95. The molecule has 0 bridgehead atoms. The van der Waals surface area contributed by atoms with Gasteiger partial charge in [0.1, 0.15) is 0 Å². The maximum atomic E-state index is 5.39. The van der Waals surface area contributed by atoms with Crippen LogP contribution in [0.1, 0.15) is 19.8 Å². The molecular weight excluding hydrogens is 150 g/mol. The molecule has 2 unspecified atom stereocenters. The van der Waals surface area contributed by atoms with Crippen molar-refractivity contribution in [2.45, 2.75) is 25.8 Å². The normalized spacial score (nSPS) is 26.2. The Bertz CT molecular complexity index is 156. The van der Waals surface area contributed by atoms with Crippen LogP contribution in [0.2, 0.25) is 0 Å². The number of nitrogens with one attached hydrogen (secondary N) is 1. The molecule has 1 saturated heterocycles. The number of hydrogen-bond donors (Lipinski definition) is 1. The van der Waals surface area contributed by atoms with Gasteiger partial charge in [-0.25, -0.2) is 0 Å². The molecule has 1 aliphatic heterocycles. The molecule has 2 atom stereocenters. The fourth-order valence-corrected chi connectivity index (χ4v) is 1.55. The van der Waals surface area contributed by atoms with Crippen molar-refractivity contribution >= 4 is 0 Å². The van der Waals surface area contributed by atoms with Crippen molar-refractivity contribution in [3.05, 3.63) is 0 Å². The van der Waals surface area contributed by atoms with Gasteiger partial charge in [0.25, 0.3) is 0 Å². The van der Waals surface area contributed by atoms with Crippen molar-refractivity contribution in [2.75, 3.05) is 19.8 Å². The molecule has 0 aliphatic carbocycles. The standard InChI is InChI=1S/C10H17NO/c1-3-6-11-9(2)10-5-4-7-12-8-10/h1,9-11H,4-8H2,2H3. The minimum atomic E-state index is 0.487. The zero-order valence-electron chi connectivity index (χ0n) is 7.68. The lowest BCUT2D eigenvalue weighted by molar-refractivity contribution is 0.0426. The summed E-state index contributed by atoms with van der Waals surface area (Å²) < 4.78 is 5.39. The van der Waals surface area contributed by atoms with Crippen LogP contribution < -0.4 is 5.32 Å². The van der Waals surface area contributed by atoms with E-state index in [9.17, 15) is 0 Å². The number of rotatable bonds is 3. The molecule has 0 amide bonds. The minimum Gasteiger partial charge on any atom is -0.381 e. The minimum absolute atomic E-state index is 0.487. The monoisotopic (exact) mass is 167 g/mol. The Hall–Kier alpha value is -0.520. The summed E-state index contributed by atoms with van der Waals surface area (Å²) in [6, 6.07) is 0.487. The van der Waals surface area contributed by atoms with Gasteiger partial charge < -0.3 is 10.1 Å². The van der Waals surface area contributed by atoms with Gasteiger partial charge >= 0.3 is 0 Å². The van der Waals surface area contributed by atoms with Gasteiger partial charge in [0.2, 0.25) is 0 Å². The summed E-state index contributed by atoms with van der Waals surface area (Å²) >= 11 is 0. The van der Waals surface area contributed by atoms with Gasteiger partial charge in [0.05, 0.1) is 13.2 Å². The topological polar surface area (TPSA) is 21.3 Å². The molecular formula is C10H17NO. The molecule has 1 aliphatic rings. The van der Waals surface area contributed by atoms with Gasteiger partial charge in [0, 0.05) is 12.6 Å². The van der Waals surface area contributed by atoms with E-state index < -0.39 is 0 Å². The molecule has 1 heterocycles. The first-order chi connectivity index (χ1) is 5.84. The van der Waals surface area contributed by atoms with Crippen molar-refractivity contribution in [1.29, 1.82) is 0 Å². The van der Waals surface area contributed by atoms with Gasteiger partial charge in [-0.3, -0.25) is 0 Å². The maximum Gasteiger partial charge on any atom is 0.0575 e. The second-order valence-corrected chi connectivity index (χ2v) is 3.35. The molecule has 0 spiro atoms. The summed E-state index contributed by atoms with van der Waals surface area (Å²) in [5, 5.41) is 3.29. The predicted octanol–water partition coefficient (Wildman–Crippen LogP) is 1.02. The molecule has 12 heavy (non-hydrogen) atoms. The first-order valence-electron chi connectivity index (χ1n) is 4.59. The molecule has 0 aromatic rings. The largest absolute Gasteiger partial charge is 0.381 e. The zero-order chi connectivity index (χ0) is 8.81. The van der Waals surface area contributed by atoms with E-state index in [-0.39, 0.29) is 0 Å². The first kappa shape index (κ1) is 9.57. The van der Waals surface area contributed by atoms with Crippen molar-refractivity contribution in [2.24, 2.45) is 5.92 Å². The lowest BCUT2D eigenvalue weighted by Gasteiger charge is -2.27. The molecule has 0 aromatic carbocycles. The molecule has 0 saturated carbocycles. The zero-order valence-corrected chi connectivity index (χ0v) is 7.68. The molecule has 1 N–H and O–H groups in total. The van der Waals surface area contributed by atoms with Crippen LogP contribution in [-0.2, 0) is 4.74 Å². The molecule has 0 aromatic heterocycles. The molecule has 0 radical (unpaired) electrons. The Labute approximate surface area is 74.7 Å². The number of ether oxygens (including phenoxy) is 1. The Morgan fingerprint density at radius 1 is 1.75 bits per heavy atom. The van der Waals surface area contributed by atoms with Gasteiger partial charge in [-0.2, -0.15) is 0 Å². The van der Waals surface area contributed by atoms with Crippen molar-refractivity contribution < 1.29 is 4.74 Å². The fraction of sp³-hybridized carbons (Fsp3) is 0.800. The van der Waals surface area contributed by atoms with Gasteiger partial charge in [-0.1, -0.05) is 5.92 Å². The van der Waals surface area contributed by atoms with E-state index in [1.807, 2.05) is 0 Å². The summed E-state index contributed by atoms with van der Waals surface area (Å²) in [5.41, 5.74) is 0. The van der Waals surface area contributed by atoms with E-state index >= 15 is 0 Å². The molecule has 68 valence electrons. The maximum absolute atomic E-state index is 5.39. The summed E-state index contributed by atoms with van der Waals surface area (Å²) in [4.78, 5) is 0. The summed E-state index contributed by atoms with van der Waals surface area (Å²) in [5.74, 6) is 3.23. The highest BCUT2D eigenvalue weighted by Gasteiger charge is 2.19. The number of hydrogen-bond acceptors (Lipinski definition) is 2. The summed E-state index contributed by atoms with van der Waals surface area (Å²) in [6.45, 7) is 4.66. The summed E-state index contributed by atoms with van der Waals surface area (Å²) in [7, 11) is 0. The smallest absolute Gasteiger partial charge is 0.0575 e. The van der Waals surface area contributed by atoms with E-state index in [2.05, 4.69) is 18.2 Å². The van der Waals surface area contributed by atoms with E-state index in [0.29, 0.717) is 18.5 Å². The van der Waals surface area contributed by atoms with Crippen molar-refractivity contribution in [3.63, 3.8) is 0 Å². The predicted molar refractivity (Wildman–Crippen MR) is 49.8 cm³/mol. The van der Waals surface area contributed by atoms with Crippen LogP contribution in [0.25, 0.3) is 0 Å². The van der Waals surface area contributed by atoms with Crippen molar-refractivity contribution in [3.8, 4) is 12.3 Å². The third kappa shape index (κ3) is 2.84. The van der Waals surface area contributed by atoms with Crippen LogP contribution in [0.5, 0.6) is 0 Å². The van der Waals surface area contributed by atoms with Gasteiger partial charge in [-0.05, 0) is 25.7 Å². The van der Waals surface area contributed by atoms with E-state index in [0.717, 1.165) is 13.2 Å². The molecule has 1 fully saturated rings. The van der Waals surface area contributed by atoms with Crippen LogP contribution in [0.3, 0.4) is 0 Å². The van der Waals surface area contributed by atoms with Crippen LogP contribution in [0.15, 0.2) is 0 Å². The quantitative estimate of drug-likeness (QED) is 0.634. The molecule has 2 heteroatoms. The van der Waals surface area contributed by atoms with E-state index in [1.165, 1.54) is 12.8 Å². The third-order valence-corrected chi connectivity index (χ3v) is 2.43. The van der Waals surface area contributed by atoms with E-state index in [1.54, 1.807) is 0 Å². The Morgan fingerprint density at radius 3 is 3.17 bits per heavy atom. The highest BCUT2D eigenvalue weighted by molar-refractivity contribution is 4.88. The van der Waals surface area contributed by atoms with E-state index in [4.69, 9.17) is 11.2 Å². The summed E-state index contributed by atoms with van der Waals surface area (Å²) in [6.07, 6.45) is 7.61. The average molecular weight is 167 g/mol. The Kier molecular flexibility index (Phi) is 4.13. The van der Waals surface area contributed by atoms with Crippen LogP contribution in [-0.4, -0.2) is 25.8 Å². The van der Waals surface area contributed by atoms with Crippen LogP contribution >= 0.6 is 0 Å². The molecule has 1 rings (SSSR count). The highest BCUT2D eigenvalue weighted by atomic mass is 16.5. The fourth-order valence-electron chi connectivity index (χ4n) is 1.55. The molecule has 2 nitrogen and oxygen atoms in total. The lowest BCUT2D eigenvalue weighted by Crippen LogP contribution is -2.38. The number of terminal acetylenes is 1. The SMILES string of the molecule is C#CCNC(C)C1CCCOC1. The van der Waals surface area contributed by atoms with Crippen LogP contribution in [0, 0.1) is 18.3 Å². The van der Waals surface area contributed by atoms with Crippen LogP contribution in [0.4, 0.5) is 0 Å². The van der Waals surface area contributed by atoms with Gasteiger partial charge in [0.15, 0.2) is 0 Å². The second-order valence-electron chi connectivity index (χ2n) is 3.35.